The van der Waals surface area contributed by atoms with Crippen LogP contribution in [-0.4, -0.2) is 34.0 Å². The molecule has 0 aliphatic rings. The molecule has 2 atom stereocenters. The fourth-order valence-corrected chi connectivity index (χ4v) is 1.69. The Kier molecular flexibility index (Phi) is 5.53. The number of ketones is 1. The highest BCUT2D eigenvalue weighted by atomic mass is 16.4. The van der Waals surface area contributed by atoms with Gasteiger partial charge in [-0.05, 0) is 6.42 Å². The van der Waals surface area contributed by atoms with E-state index >= 15 is 0 Å². The number of carbonyl (C=O) groups is 3. The van der Waals surface area contributed by atoms with Gasteiger partial charge in [-0.15, -0.1) is 6.58 Å². The van der Waals surface area contributed by atoms with E-state index in [-0.39, 0.29) is 12.8 Å². The number of hydrogen-bond acceptors (Lipinski definition) is 4. The molecule has 0 bridgehead atoms. The molecular weight excluding hydrogens is 226 g/mol. The van der Waals surface area contributed by atoms with Crippen LogP contribution in [0.2, 0.25) is 0 Å². The Labute approximate surface area is 99.1 Å². The van der Waals surface area contributed by atoms with Crippen molar-refractivity contribution in [2.45, 2.75) is 32.2 Å². The van der Waals surface area contributed by atoms with Crippen LogP contribution < -0.4 is 5.73 Å². The maximum absolute atomic E-state index is 11.8. The fraction of sp³-hybridized carbons (Fsp3) is 0.545. The number of allylic oxidation sites excluding steroid dienone is 1. The number of carboxylic acid groups (broad SMARTS) is 2. The van der Waals surface area contributed by atoms with Gasteiger partial charge in [0.05, 0.1) is 6.42 Å². The number of carboxylic acids is 2. The van der Waals surface area contributed by atoms with Gasteiger partial charge in [0.15, 0.2) is 11.2 Å². The van der Waals surface area contributed by atoms with E-state index in [0.717, 1.165) is 0 Å². The highest BCUT2D eigenvalue weighted by Gasteiger charge is 2.51. The zero-order valence-corrected chi connectivity index (χ0v) is 9.68. The predicted molar refractivity (Wildman–Crippen MR) is 60.4 cm³/mol. The van der Waals surface area contributed by atoms with Crippen molar-refractivity contribution < 1.29 is 24.6 Å². The normalized spacial score (nSPS) is 15.6. The molecule has 0 aromatic rings. The Morgan fingerprint density at radius 3 is 2.24 bits per heavy atom. The van der Waals surface area contributed by atoms with Gasteiger partial charge in [-0.25, -0.2) is 0 Å². The molecule has 0 aromatic carbocycles. The third kappa shape index (κ3) is 3.13. The summed E-state index contributed by atoms with van der Waals surface area (Å²) in [5, 5.41) is 17.9. The van der Waals surface area contributed by atoms with Crippen molar-refractivity contribution in [1.82, 2.24) is 0 Å². The molecule has 4 N–H and O–H groups in total. The second kappa shape index (κ2) is 6.15. The molecule has 0 saturated carbocycles. The van der Waals surface area contributed by atoms with Crippen molar-refractivity contribution in [2.24, 2.45) is 11.1 Å². The summed E-state index contributed by atoms with van der Waals surface area (Å²) < 4.78 is 0. The van der Waals surface area contributed by atoms with Gasteiger partial charge in [0.1, 0.15) is 0 Å². The summed E-state index contributed by atoms with van der Waals surface area (Å²) in [5.74, 6) is -3.59. The first kappa shape index (κ1) is 15.3. The average Bonchev–Trinajstić information content (AvgIpc) is 2.24. The molecule has 0 amide bonds. The average molecular weight is 243 g/mol. The van der Waals surface area contributed by atoms with Crippen molar-refractivity contribution in [2.75, 3.05) is 0 Å². The molecule has 96 valence electrons. The zero-order valence-electron chi connectivity index (χ0n) is 9.68. The molecular formula is C11H17NO5. The summed E-state index contributed by atoms with van der Waals surface area (Å²) >= 11 is 0. The first-order chi connectivity index (χ1) is 7.82. The number of Topliss-reactive ketones (excluding diaryl/α,β-unsaturated/α-hetero) is 1. The van der Waals surface area contributed by atoms with E-state index in [9.17, 15) is 19.5 Å². The highest BCUT2D eigenvalue weighted by Crippen LogP contribution is 2.31. The summed E-state index contributed by atoms with van der Waals surface area (Å²) in [4.78, 5) is 33.9. The Bertz CT molecular complexity index is 339. The van der Waals surface area contributed by atoms with Gasteiger partial charge in [0.2, 0.25) is 0 Å². The second-order valence-electron chi connectivity index (χ2n) is 3.78. The summed E-state index contributed by atoms with van der Waals surface area (Å²) in [5.41, 5.74) is 3.56. The van der Waals surface area contributed by atoms with Gasteiger partial charge in [-0.2, -0.15) is 0 Å². The molecule has 0 fully saturated rings. The van der Waals surface area contributed by atoms with Crippen LogP contribution in [0.3, 0.4) is 0 Å². The fourth-order valence-electron chi connectivity index (χ4n) is 1.69. The highest BCUT2D eigenvalue weighted by molar-refractivity contribution is 6.06. The maximum atomic E-state index is 11.8. The molecule has 0 saturated heterocycles. The van der Waals surface area contributed by atoms with Gasteiger partial charge in [-0.1, -0.05) is 13.0 Å². The largest absolute Gasteiger partial charge is 0.481 e. The molecule has 0 spiro atoms. The number of hydrogen-bond donors (Lipinski definition) is 3. The molecule has 6 nitrogen and oxygen atoms in total. The van der Waals surface area contributed by atoms with Crippen LogP contribution in [0.25, 0.3) is 0 Å². The third-order valence-electron chi connectivity index (χ3n) is 2.71. The van der Waals surface area contributed by atoms with Crippen LogP contribution in [0, 0.1) is 5.41 Å². The van der Waals surface area contributed by atoms with E-state index in [0.29, 0.717) is 0 Å². The Morgan fingerprint density at radius 1 is 1.41 bits per heavy atom. The van der Waals surface area contributed by atoms with Crippen molar-refractivity contribution in [1.29, 1.82) is 0 Å². The van der Waals surface area contributed by atoms with E-state index in [2.05, 4.69) is 6.58 Å². The Hall–Kier alpha value is -1.69. The van der Waals surface area contributed by atoms with Gasteiger partial charge in [-0.3, -0.25) is 14.4 Å². The summed E-state index contributed by atoms with van der Waals surface area (Å²) in [6, 6.07) is -1.04. The van der Waals surface area contributed by atoms with Crippen LogP contribution in [-0.2, 0) is 14.4 Å². The van der Waals surface area contributed by atoms with Crippen molar-refractivity contribution in [3.8, 4) is 0 Å². The molecule has 0 radical (unpaired) electrons. The molecule has 0 rings (SSSR count). The molecule has 0 aromatic heterocycles. The SMILES string of the molecule is C=CCC(=O)C(CC(=O)O)(C(=O)O)C(N)CC. The summed E-state index contributed by atoms with van der Waals surface area (Å²) in [6.45, 7) is 4.94. The van der Waals surface area contributed by atoms with Crippen molar-refractivity contribution in [3.05, 3.63) is 12.7 Å². The molecule has 2 unspecified atom stereocenters. The third-order valence-corrected chi connectivity index (χ3v) is 2.71. The standard InChI is InChI=1S/C11H17NO5/c1-3-5-8(13)11(10(16)17,6-9(14)15)7(12)4-2/h3,7H,1,4-6,12H2,2H3,(H,14,15)(H,16,17). The van der Waals surface area contributed by atoms with Crippen LogP contribution in [0.5, 0.6) is 0 Å². The molecule has 0 heterocycles. The molecule has 17 heavy (non-hydrogen) atoms. The molecule has 0 aliphatic carbocycles. The van der Waals surface area contributed by atoms with Crippen LogP contribution in [0.4, 0.5) is 0 Å². The van der Waals surface area contributed by atoms with Gasteiger partial charge in [0.25, 0.3) is 0 Å². The minimum absolute atomic E-state index is 0.197. The van der Waals surface area contributed by atoms with E-state index in [1.165, 1.54) is 6.08 Å². The predicted octanol–water partition coefficient (Wildman–Crippen LogP) is 0.415. The first-order valence-electron chi connectivity index (χ1n) is 5.17. The van der Waals surface area contributed by atoms with Crippen LogP contribution in [0.15, 0.2) is 12.7 Å². The number of carbonyl (C=O) groups excluding carboxylic acids is 1. The number of aliphatic carboxylic acids is 2. The lowest BCUT2D eigenvalue weighted by Gasteiger charge is -2.31. The lowest BCUT2D eigenvalue weighted by Crippen LogP contribution is -2.54. The topological polar surface area (TPSA) is 118 Å². The molecule has 0 aliphatic heterocycles. The van der Waals surface area contributed by atoms with Crippen LogP contribution in [0.1, 0.15) is 26.2 Å². The monoisotopic (exact) mass is 243 g/mol. The quantitative estimate of drug-likeness (QED) is 0.420. The maximum Gasteiger partial charge on any atom is 0.319 e. The lowest BCUT2D eigenvalue weighted by molar-refractivity contribution is -0.162. The van der Waals surface area contributed by atoms with Gasteiger partial charge >= 0.3 is 11.9 Å². The minimum Gasteiger partial charge on any atom is -0.481 e. The number of nitrogens with two attached hydrogens (primary N) is 1. The van der Waals surface area contributed by atoms with Gasteiger partial charge in [0, 0.05) is 12.5 Å². The summed E-state index contributed by atoms with van der Waals surface area (Å²) in [6.07, 6.45) is 0.407. The Balaban J connectivity index is 5.54. The van der Waals surface area contributed by atoms with Gasteiger partial charge < -0.3 is 15.9 Å². The smallest absolute Gasteiger partial charge is 0.319 e. The van der Waals surface area contributed by atoms with Crippen molar-refractivity contribution >= 4 is 17.7 Å². The lowest BCUT2D eigenvalue weighted by atomic mass is 9.72. The molecule has 6 heteroatoms. The first-order valence-corrected chi connectivity index (χ1v) is 5.17. The minimum atomic E-state index is -2.07. The van der Waals surface area contributed by atoms with E-state index < -0.39 is 35.6 Å². The Morgan fingerprint density at radius 2 is 1.94 bits per heavy atom. The van der Waals surface area contributed by atoms with E-state index in [1.54, 1.807) is 6.92 Å². The number of rotatable bonds is 8. The van der Waals surface area contributed by atoms with Crippen molar-refractivity contribution in [3.63, 3.8) is 0 Å². The van der Waals surface area contributed by atoms with Crippen LogP contribution >= 0.6 is 0 Å². The van der Waals surface area contributed by atoms with E-state index in [1.807, 2.05) is 0 Å². The van der Waals surface area contributed by atoms with E-state index in [4.69, 9.17) is 10.8 Å². The second-order valence-corrected chi connectivity index (χ2v) is 3.78. The summed E-state index contributed by atoms with van der Waals surface area (Å²) in [7, 11) is 0. The zero-order chi connectivity index (χ0) is 13.6.